The fraction of sp³-hybridized carbons (Fsp3) is 0.286. The van der Waals surface area contributed by atoms with Gasteiger partial charge >= 0.3 is 11.8 Å². The van der Waals surface area contributed by atoms with Gasteiger partial charge in [-0.25, -0.2) is 0 Å². The van der Waals surface area contributed by atoms with E-state index >= 15 is 0 Å². The Morgan fingerprint density at radius 2 is 1.97 bits per heavy atom. The molecule has 8 heteroatoms. The van der Waals surface area contributed by atoms with Gasteiger partial charge in [0, 0.05) is 48.6 Å². The molecule has 1 unspecified atom stereocenters. The minimum absolute atomic E-state index is 0.0522. The minimum Gasteiger partial charge on any atom is -0.375 e. The molecule has 1 aliphatic heterocycles. The number of methoxy groups -OCH3 is 1. The van der Waals surface area contributed by atoms with Gasteiger partial charge < -0.3 is 20.3 Å². The van der Waals surface area contributed by atoms with Crippen LogP contribution in [-0.4, -0.2) is 37.9 Å². The molecule has 0 aliphatic carbocycles. The van der Waals surface area contributed by atoms with Crippen LogP contribution < -0.4 is 15.5 Å². The first-order valence-corrected chi connectivity index (χ1v) is 9.64. The van der Waals surface area contributed by atoms with Crippen molar-refractivity contribution >= 4 is 40.7 Å². The molecule has 0 bridgehead atoms. The summed E-state index contributed by atoms with van der Waals surface area (Å²) in [6.45, 7) is 0.742. The van der Waals surface area contributed by atoms with Crippen LogP contribution in [0, 0.1) is 0 Å². The van der Waals surface area contributed by atoms with E-state index in [1.807, 2.05) is 6.07 Å². The van der Waals surface area contributed by atoms with Crippen molar-refractivity contribution in [1.29, 1.82) is 0 Å². The van der Waals surface area contributed by atoms with Gasteiger partial charge in [-0.3, -0.25) is 14.4 Å². The number of anilines is 2. The predicted molar refractivity (Wildman–Crippen MR) is 111 cm³/mol. The number of hydrogen-bond donors (Lipinski definition) is 2. The van der Waals surface area contributed by atoms with Crippen LogP contribution in [0.2, 0.25) is 5.02 Å². The highest BCUT2D eigenvalue weighted by Gasteiger charge is 2.22. The van der Waals surface area contributed by atoms with Gasteiger partial charge in [-0.2, -0.15) is 0 Å². The van der Waals surface area contributed by atoms with Gasteiger partial charge in [0.25, 0.3) is 0 Å². The lowest BCUT2D eigenvalue weighted by atomic mass is 10.1. The fourth-order valence-electron chi connectivity index (χ4n) is 3.18. The van der Waals surface area contributed by atoms with Crippen molar-refractivity contribution in [3.8, 4) is 0 Å². The molecule has 2 aromatic rings. The fourth-order valence-corrected chi connectivity index (χ4v) is 3.44. The Bertz CT molecular complexity index is 918. The molecule has 29 heavy (non-hydrogen) atoms. The van der Waals surface area contributed by atoms with Crippen LogP contribution in [0.3, 0.4) is 0 Å². The van der Waals surface area contributed by atoms with Gasteiger partial charge in [-0.05, 0) is 30.7 Å². The maximum absolute atomic E-state index is 12.2. The summed E-state index contributed by atoms with van der Waals surface area (Å²) in [5.74, 6) is -1.54. The second-order valence-corrected chi connectivity index (χ2v) is 7.02. The first kappa shape index (κ1) is 20.8. The Kier molecular flexibility index (Phi) is 6.85. The van der Waals surface area contributed by atoms with Crippen LogP contribution >= 0.6 is 11.6 Å². The summed E-state index contributed by atoms with van der Waals surface area (Å²) in [6, 6.07) is 14.0. The zero-order valence-electron chi connectivity index (χ0n) is 16.0. The SMILES string of the molecule is COC(CNC(=O)C(=O)Nc1cccc(N2CCCC2=O)c1)c1ccccc1Cl. The Labute approximate surface area is 174 Å². The lowest BCUT2D eigenvalue weighted by molar-refractivity contribution is -0.136. The number of rotatable bonds is 6. The number of ether oxygens (including phenoxy) is 1. The quantitative estimate of drug-likeness (QED) is 0.710. The number of carbonyl (C=O) groups is 3. The average molecular weight is 416 g/mol. The van der Waals surface area contributed by atoms with Gasteiger partial charge in [0.05, 0.1) is 0 Å². The lowest BCUT2D eigenvalue weighted by Crippen LogP contribution is -2.38. The second kappa shape index (κ2) is 9.54. The smallest absolute Gasteiger partial charge is 0.313 e. The van der Waals surface area contributed by atoms with E-state index in [9.17, 15) is 14.4 Å². The number of halogens is 1. The van der Waals surface area contributed by atoms with Gasteiger partial charge in [0.1, 0.15) is 6.10 Å². The van der Waals surface area contributed by atoms with E-state index in [4.69, 9.17) is 16.3 Å². The average Bonchev–Trinajstić information content (AvgIpc) is 3.15. The maximum Gasteiger partial charge on any atom is 0.313 e. The molecule has 0 saturated carbocycles. The van der Waals surface area contributed by atoms with Gasteiger partial charge in [-0.1, -0.05) is 35.9 Å². The number of nitrogens with one attached hydrogen (secondary N) is 2. The highest BCUT2D eigenvalue weighted by atomic mass is 35.5. The van der Waals surface area contributed by atoms with Crippen molar-refractivity contribution in [3.63, 3.8) is 0 Å². The minimum atomic E-state index is -0.802. The number of hydrogen-bond acceptors (Lipinski definition) is 4. The highest BCUT2D eigenvalue weighted by molar-refractivity contribution is 6.39. The summed E-state index contributed by atoms with van der Waals surface area (Å²) in [5.41, 5.74) is 1.86. The third kappa shape index (κ3) is 5.13. The molecule has 2 aromatic carbocycles. The molecule has 1 aliphatic rings. The predicted octanol–water partition coefficient (Wildman–Crippen LogP) is 2.91. The summed E-state index contributed by atoms with van der Waals surface area (Å²) in [4.78, 5) is 38.0. The Morgan fingerprint density at radius 3 is 2.66 bits per heavy atom. The zero-order valence-corrected chi connectivity index (χ0v) is 16.7. The first-order chi connectivity index (χ1) is 14.0. The zero-order chi connectivity index (χ0) is 20.8. The number of benzene rings is 2. The van der Waals surface area contributed by atoms with E-state index < -0.39 is 17.9 Å². The van der Waals surface area contributed by atoms with Crippen molar-refractivity contribution in [2.24, 2.45) is 0 Å². The molecule has 0 radical (unpaired) electrons. The molecule has 3 amide bonds. The van der Waals surface area contributed by atoms with Gasteiger partial charge in [-0.15, -0.1) is 0 Å². The summed E-state index contributed by atoms with van der Waals surface area (Å²) >= 11 is 6.16. The second-order valence-electron chi connectivity index (χ2n) is 6.61. The molecule has 1 atom stereocenters. The Balaban J connectivity index is 1.59. The monoisotopic (exact) mass is 415 g/mol. The number of amides is 3. The topological polar surface area (TPSA) is 87.7 Å². The van der Waals surface area contributed by atoms with Crippen LogP contribution in [-0.2, 0) is 19.1 Å². The Hall–Kier alpha value is -2.90. The Morgan fingerprint density at radius 1 is 1.17 bits per heavy atom. The largest absolute Gasteiger partial charge is 0.375 e. The van der Waals surface area contributed by atoms with Crippen LogP contribution in [0.4, 0.5) is 11.4 Å². The van der Waals surface area contributed by atoms with Crippen LogP contribution in [0.15, 0.2) is 48.5 Å². The summed E-state index contributed by atoms with van der Waals surface area (Å²) < 4.78 is 5.38. The molecule has 2 N–H and O–H groups in total. The molecular weight excluding hydrogens is 394 g/mol. The molecule has 3 rings (SSSR count). The molecule has 1 heterocycles. The van der Waals surface area contributed by atoms with E-state index in [2.05, 4.69) is 10.6 Å². The summed E-state index contributed by atoms with van der Waals surface area (Å²) in [5, 5.41) is 5.63. The molecule has 1 saturated heterocycles. The van der Waals surface area contributed by atoms with Crippen molar-refractivity contribution in [3.05, 3.63) is 59.1 Å². The summed E-state index contributed by atoms with van der Waals surface area (Å²) in [6.07, 6.45) is 0.847. The van der Waals surface area contributed by atoms with E-state index in [-0.39, 0.29) is 12.5 Å². The lowest BCUT2D eigenvalue weighted by Gasteiger charge is -2.18. The van der Waals surface area contributed by atoms with E-state index in [0.29, 0.717) is 29.4 Å². The van der Waals surface area contributed by atoms with Crippen LogP contribution in [0.25, 0.3) is 0 Å². The molecule has 7 nitrogen and oxygen atoms in total. The maximum atomic E-state index is 12.2. The standard InChI is InChI=1S/C21H22ClN3O4/c1-29-18(16-8-2-3-9-17(16)22)13-23-20(27)21(28)24-14-6-4-7-15(12-14)25-11-5-10-19(25)26/h2-4,6-9,12,18H,5,10-11,13H2,1H3,(H,23,27)(H,24,28). The van der Waals surface area contributed by atoms with Crippen molar-refractivity contribution in [1.82, 2.24) is 5.32 Å². The van der Waals surface area contributed by atoms with Crippen molar-refractivity contribution < 1.29 is 19.1 Å². The third-order valence-electron chi connectivity index (χ3n) is 4.68. The van der Waals surface area contributed by atoms with E-state index in [0.717, 1.165) is 12.0 Å². The molecular formula is C21H22ClN3O4. The molecule has 152 valence electrons. The van der Waals surface area contributed by atoms with E-state index in [1.54, 1.807) is 47.4 Å². The van der Waals surface area contributed by atoms with E-state index in [1.165, 1.54) is 7.11 Å². The van der Waals surface area contributed by atoms with Crippen LogP contribution in [0.5, 0.6) is 0 Å². The molecule has 0 spiro atoms. The van der Waals surface area contributed by atoms with Gasteiger partial charge in [0.2, 0.25) is 5.91 Å². The summed E-state index contributed by atoms with van der Waals surface area (Å²) in [7, 11) is 1.51. The first-order valence-electron chi connectivity index (χ1n) is 9.26. The van der Waals surface area contributed by atoms with Crippen molar-refractivity contribution in [2.75, 3.05) is 30.4 Å². The number of carbonyl (C=O) groups excluding carboxylic acids is 3. The molecule has 0 aromatic heterocycles. The number of nitrogens with zero attached hydrogens (tertiary/aromatic N) is 1. The van der Waals surface area contributed by atoms with Gasteiger partial charge in [0.15, 0.2) is 0 Å². The normalized spacial score (nSPS) is 14.6. The third-order valence-corrected chi connectivity index (χ3v) is 5.02. The highest BCUT2D eigenvalue weighted by Crippen LogP contribution is 2.25. The van der Waals surface area contributed by atoms with Crippen LogP contribution in [0.1, 0.15) is 24.5 Å². The molecule has 1 fully saturated rings. The van der Waals surface area contributed by atoms with Crippen molar-refractivity contribution in [2.45, 2.75) is 18.9 Å².